The van der Waals surface area contributed by atoms with Crippen molar-refractivity contribution in [1.29, 1.82) is 0 Å². The first-order valence-corrected chi connectivity index (χ1v) is 14.9. The van der Waals surface area contributed by atoms with Gasteiger partial charge in [-0.3, -0.25) is 4.98 Å². The van der Waals surface area contributed by atoms with Crippen LogP contribution < -0.4 is 10.1 Å². The van der Waals surface area contributed by atoms with Crippen LogP contribution in [-0.2, 0) is 16.6 Å². The predicted molar refractivity (Wildman–Crippen MR) is 158 cm³/mol. The van der Waals surface area contributed by atoms with Crippen LogP contribution in [0.5, 0.6) is 5.75 Å². The minimum atomic E-state index is -0.993. The van der Waals surface area contributed by atoms with Crippen LogP contribution in [0.2, 0.25) is 5.02 Å². The van der Waals surface area contributed by atoms with Crippen LogP contribution in [0, 0.1) is 12.8 Å². The molecule has 39 heavy (non-hydrogen) atoms. The lowest BCUT2D eigenvalue weighted by molar-refractivity contribution is -0.144. The molecule has 2 N–H and O–H groups in total. The van der Waals surface area contributed by atoms with E-state index in [2.05, 4.69) is 47.6 Å². The van der Waals surface area contributed by atoms with Gasteiger partial charge in [-0.15, -0.1) is 11.3 Å². The van der Waals surface area contributed by atoms with Gasteiger partial charge in [0, 0.05) is 21.8 Å². The van der Waals surface area contributed by atoms with E-state index in [1.807, 2.05) is 24.4 Å². The first-order chi connectivity index (χ1) is 18.9. The third kappa shape index (κ3) is 4.89. The minimum Gasteiger partial charge on any atom is -0.492 e. The van der Waals surface area contributed by atoms with Crippen LogP contribution in [0.3, 0.4) is 0 Å². The van der Waals surface area contributed by atoms with Crippen molar-refractivity contribution in [2.75, 3.05) is 11.9 Å². The van der Waals surface area contributed by atoms with Gasteiger partial charge in [0.05, 0.1) is 16.8 Å². The summed E-state index contributed by atoms with van der Waals surface area (Å²) in [7, 11) is 0. The summed E-state index contributed by atoms with van der Waals surface area (Å²) in [5.74, 6) is 0.595. The van der Waals surface area contributed by atoms with E-state index in [0.717, 1.165) is 53.8 Å². The number of halogens is 1. The number of nitrogens with one attached hydrogen (secondary N) is 1. The SMILES string of the molecule is Cc1cc2nccc(OCCCC3Cc4ccccc4C34CCC(Nc3cccc(Cl)c3)(C(=O)O)CC4)c2s1. The number of aliphatic carboxylic acids is 1. The summed E-state index contributed by atoms with van der Waals surface area (Å²) in [4.78, 5) is 18.3. The first-order valence-electron chi connectivity index (χ1n) is 13.7. The number of fused-ring (bicyclic) bond motifs is 3. The van der Waals surface area contributed by atoms with Gasteiger partial charge in [-0.05, 0) is 105 Å². The van der Waals surface area contributed by atoms with E-state index in [0.29, 0.717) is 30.4 Å². The quantitative estimate of drug-likeness (QED) is 0.213. The number of thiophene rings is 1. The Labute approximate surface area is 238 Å². The summed E-state index contributed by atoms with van der Waals surface area (Å²) in [6.07, 6.45) is 7.70. The summed E-state index contributed by atoms with van der Waals surface area (Å²) < 4.78 is 7.37. The van der Waals surface area contributed by atoms with Crippen LogP contribution in [0.15, 0.2) is 66.9 Å². The van der Waals surface area contributed by atoms with E-state index in [1.165, 1.54) is 16.0 Å². The lowest BCUT2D eigenvalue weighted by atomic mass is 9.60. The topological polar surface area (TPSA) is 71.5 Å². The number of pyridine rings is 1. The van der Waals surface area contributed by atoms with Gasteiger partial charge in [-0.2, -0.15) is 0 Å². The second-order valence-electron chi connectivity index (χ2n) is 11.1. The van der Waals surface area contributed by atoms with Crippen molar-refractivity contribution < 1.29 is 14.6 Å². The molecule has 0 saturated heterocycles. The standard InChI is InChI=1S/C32H33ClN2O3S/c1-21-18-27-29(39-21)28(11-16-34-27)38-17-5-7-23-19-22-6-2-3-10-26(22)31(23)12-14-32(15-13-31,30(36)37)35-25-9-4-8-24(33)20-25/h2-4,6,8-11,16,18,20,23,35H,5,7,12-15,17,19H2,1H3,(H,36,37). The van der Waals surface area contributed by atoms with Gasteiger partial charge in [0.25, 0.3) is 0 Å². The zero-order valence-electron chi connectivity index (χ0n) is 22.1. The Kier molecular flexibility index (Phi) is 7.02. The van der Waals surface area contributed by atoms with Crippen LogP contribution in [0.1, 0.15) is 54.5 Å². The van der Waals surface area contributed by atoms with Crippen molar-refractivity contribution in [3.8, 4) is 5.75 Å². The number of benzene rings is 2. The predicted octanol–water partition coefficient (Wildman–Crippen LogP) is 8.04. The molecule has 1 atom stereocenters. The first kappa shape index (κ1) is 26.1. The van der Waals surface area contributed by atoms with Crippen molar-refractivity contribution in [3.63, 3.8) is 0 Å². The van der Waals surface area contributed by atoms with Gasteiger partial charge in [0.15, 0.2) is 0 Å². The normalized spacial score (nSPS) is 24.1. The molecule has 6 rings (SSSR count). The third-order valence-electron chi connectivity index (χ3n) is 8.87. The lowest BCUT2D eigenvalue weighted by Gasteiger charge is -2.47. The molecule has 7 heteroatoms. The number of aryl methyl sites for hydroxylation is 1. The molecule has 0 amide bonds. The number of ether oxygens (including phenoxy) is 1. The molecular weight excluding hydrogens is 528 g/mol. The maximum absolute atomic E-state index is 12.6. The Morgan fingerprint density at radius 1 is 1.13 bits per heavy atom. The number of carbonyl (C=O) groups is 1. The summed E-state index contributed by atoms with van der Waals surface area (Å²) in [5.41, 5.74) is 3.59. The molecule has 0 aliphatic heterocycles. The number of aromatic nitrogens is 1. The van der Waals surface area contributed by atoms with Crippen molar-refractivity contribution in [2.45, 2.75) is 62.8 Å². The van der Waals surface area contributed by atoms with Crippen molar-refractivity contribution in [2.24, 2.45) is 5.92 Å². The summed E-state index contributed by atoms with van der Waals surface area (Å²) in [6, 6.07) is 20.2. The highest BCUT2D eigenvalue weighted by molar-refractivity contribution is 7.19. The molecule has 1 unspecified atom stereocenters. The maximum atomic E-state index is 12.6. The molecule has 1 saturated carbocycles. The Bertz CT molecular complexity index is 1510. The molecule has 1 spiro atoms. The smallest absolute Gasteiger partial charge is 0.329 e. The fourth-order valence-corrected chi connectivity index (χ4v) is 8.06. The highest BCUT2D eigenvalue weighted by Gasteiger charge is 2.53. The number of hydrogen-bond donors (Lipinski definition) is 2. The number of carboxylic acid groups (broad SMARTS) is 1. The van der Waals surface area contributed by atoms with E-state index in [9.17, 15) is 9.90 Å². The Morgan fingerprint density at radius 2 is 1.95 bits per heavy atom. The van der Waals surface area contributed by atoms with Crippen LogP contribution >= 0.6 is 22.9 Å². The third-order valence-corrected chi connectivity index (χ3v) is 10.2. The van der Waals surface area contributed by atoms with E-state index >= 15 is 0 Å². The zero-order valence-corrected chi connectivity index (χ0v) is 23.7. The highest BCUT2D eigenvalue weighted by Crippen LogP contribution is 2.55. The Morgan fingerprint density at radius 3 is 2.74 bits per heavy atom. The van der Waals surface area contributed by atoms with Crippen LogP contribution in [0.4, 0.5) is 5.69 Å². The van der Waals surface area contributed by atoms with E-state index in [-0.39, 0.29) is 5.41 Å². The molecule has 5 nitrogen and oxygen atoms in total. The van der Waals surface area contributed by atoms with Gasteiger partial charge < -0.3 is 15.2 Å². The Balaban J connectivity index is 1.17. The molecule has 2 heterocycles. The van der Waals surface area contributed by atoms with Crippen molar-refractivity contribution in [3.05, 3.63) is 87.9 Å². The second kappa shape index (κ2) is 10.5. The van der Waals surface area contributed by atoms with Crippen LogP contribution in [-0.4, -0.2) is 28.2 Å². The van der Waals surface area contributed by atoms with Gasteiger partial charge in [0.2, 0.25) is 0 Å². The number of carboxylic acids is 1. The second-order valence-corrected chi connectivity index (χ2v) is 12.8. The lowest BCUT2D eigenvalue weighted by Crippen LogP contribution is -2.53. The molecule has 1 fully saturated rings. The molecule has 202 valence electrons. The van der Waals surface area contributed by atoms with Gasteiger partial charge >= 0.3 is 5.97 Å². The molecule has 2 aromatic heterocycles. The molecule has 2 aliphatic carbocycles. The van der Waals surface area contributed by atoms with Gasteiger partial charge in [-0.1, -0.05) is 41.9 Å². The van der Waals surface area contributed by atoms with Crippen molar-refractivity contribution >= 4 is 44.8 Å². The van der Waals surface area contributed by atoms with E-state index in [1.54, 1.807) is 23.5 Å². The zero-order chi connectivity index (χ0) is 27.0. The number of rotatable bonds is 8. The summed E-state index contributed by atoms with van der Waals surface area (Å²) in [6.45, 7) is 2.76. The molecular formula is C32H33ClN2O3S. The highest BCUT2D eigenvalue weighted by atomic mass is 35.5. The summed E-state index contributed by atoms with van der Waals surface area (Å²) >= 11 is 7.92. The fraction of sp³-hybridized carbons (Fsp3) is 0.375. The Hall–Kier alpha value is -3.09. The molecule has 2 aromatic carbocycles. The largest absolute Gasteiger partial charge is 0.492 e. The average molecular weight is 561 g/mol. The monoisotopic (exact) mass is 560 g/mol. The minimum absolute atomic E-state index is 0.000351. The number of nitrogens with zero attached hydrogens (tertiary/aromatic N) is 1. The van der Waals surface area contributed by atoms with Crippen molar-refractivity contribution in [1.82, 2.24) is 4.98 Å². The molecule has 0 bridgehead atoms. The van der Waals surface area contributed by atoms with Crippen LogP contribution in [0.25, 0.3) is 10.2 Å². The number of hydrogen-bond acceptors (Lipinski definition) is 5. The van der Waals surface area contributed by atoms with E-state index in [4.69, 9.17) is 16.3 Å². The molecule has 4 aromatic rings. The number of anilines is 1. The van der Waals surface area contributed by atoms with Gasteiger partial charge in [-0.25, -0.2) is 4.79 Å². The molecule has 2 aliphatic rings. The van der Waals surface area contributed by atoms with Gasteiger partial charge in [0.1, 0.15) is 11.3 Å². The maximum Gasteiger partial charge on any atom is 0.329 e. The summed E-state index contributed by atoms with van der Waals surface area (Å²) in [5, 5.41) is 14.3. The fourth-order valence-electron chi connectivity index (χ4n) is 6.94. The van der Waals surface area contributed by atoms with E-state index < -0.39 is 11.5 Å². The molecule has 0 radical (unpaired) electrons. The average Bonchev–Trinajstić information content (AvgIpc) is 3.45.